The summed E-state index contributed by atoms with van der Waals surface area (Å²) >= 11 is 0. The zero-order chi connectivity index (χ0) is 31.3. The number of nitrogens with two attached hydrogens (primary N) is 1. The summed E-state index contributed by atoms with van der Waals surface area (Å²) < 4.78 is 90.8. The number of benzene rings is 1. The SMILES string of the molecule is CC.Cc1c(F)c(N)cc(-c2nc3c4c(nc(OCC5CCOCC5)nc4c2F)NCCNCC[C@H](C)O3)c1C(F)(F)F. The summed E-state index contributed by atoms with van der Waals surface area (Å²) in [7, 11) is 0. The molecule has 0 spiro atoms. The highest BCUT2D eigenvalue weighted by Crippen LogP contribution is 2.44. The quantitative estimate of drug-likeness (QED) is 0.245. The molecule has 1 aromatic carbocycles. The molecule has 236 valence electrons. The predicted molar refractivity (Wildman–Crippen MR) is 153 cm³/mol. The van der Waals surface area contributed by atoms with E-state index >= 15 is 4.39 Å². The van der Waals surface area contributed by atoms with Crippen LogP contribution >= 0.6 is 0 Å². The second-order valence-corrected chi connectivity index (χ2v) is 10.2. The van der Waals surface area contributed by atoms with Crippen molar-refractivity contribution in [1.82, 2.24) is 20.3 Å². The summed E-state index contributed by atoms with van der Waals surface area (Å²) in [6.07, 6.45) is -3.40. The van der Waals surface area contributed by atoms with Crippen LogP contribution in [0.3, 0.4) is 0 Å². The lowest BCUT2D eigenvalue weighted by Gasteiger charge is -2.22. The number of aromatic nitrogens is 3. The Morgan fingerprint density at radius 2 is 1.74 bits per heavy atom. The molecule has 0 amide bonds. The zero-order valence-corrected chi connectivity index (χ0v) is 24.6. The molecule has 14 heteroatoms. The van der Waals surface area contributed by atoms with Crippen LogP contribution in [-0.4, -0.2) is 60.5 Å². The first-order valence-corrected chi connectivity index (χ1v) is 14.4. The Bertz CT molecular complexity index is 1430. The molecule has 4 heterocycles. The molecule has 0 radical (unpaired) electrons. The molecule has 0 bridgehead atoms. The largest absolute Gasteiger partial charge is 0.474 e. The average Bonchev–Trinajstić information content (AvgIpc) is 3.01. The van der Waals surface area contributed by atoms with Crippen molar-refractivity contribution in [2.75, 3.05) is 50.5 Å². The van der Waals surface area contributed by atoms with Gasteiger partial charge < -0.3 is 30.6 Å². The monoisotopic (exact) mass is 612 g/mol. The molecule has 4 N–H and O–H groups in total. The van der Waals surface area contributed by atoms with Crippen LogP contribution in [0.5, 0.6) is 11.9 Å². The van der Waals surface area contributed by atoms with Crippen LogP contribution in [0.4, 0.5) is 33.5 Å². The van der Waals surface area contributed by atoms with Crippen molar-refractivity contribution < 1.29 is 36.2 Å². The van der Waals surface area contributed by atoms with E-state index in [9.17, 15) is 17.6 Å². The van der Waals surface area contributed by atoms with Crippen molar-refractivity contribution in [1.29, 1.82) is 0 Å². The van der Waals surface area contributed by atoms with E-state index in [0.29, 0.717) is 39.3 Å². The van der Waals surface area contributed by atoms with E-state index in [-0.39, 0.29) is 41.1 Å². The number of halogens is 5. The second-order valence-electron chi connectivity index (χ2n) is 10.2. The van der Waals surface area contributed by atoms with Gasteiger partial charge in [0.2, 0.25) is 5.88 Å². The predicted octanol–water partition coefficient (Wildman–Crippen LogP) is 5.88. The lowest BCUT2D eigenvalue weighted by molar-refractivity contribution is -0.137. The van der Waals surface area contributed by atoms with E-state index in [2.05, 4.69) is 25.6 Å². The summed E-state index contributed by atoms with van der Waals surface area (Å²) in [5.41, 5.74) is 1.16. The molecule has 2 aliphatic rings. The first-order chi connectivity index (χ1) is 20.5. The number of nitrogens with one attached hydrogen (secondary N) is 2. The maximum Gasteiger partial charge on any atom is 0.417 e. The van der Waals surface area contributed by atoms with Gasteiger partial charge in [0.05, 0.1) is 24.0 Å². The van der Waals surface area contributed by atoms with Crippen LogP contribution in [-0.2, 0) is 10.9 Å². The summed E-state index contributed by atoms with van der Waals surface area (Å²) in [6, 6.07) is 0.576. The number of rotatable bonds is 4. The fraction of sp³-hybridized carbons (Fsp3) is 0.552. The number of nitrogens with zero attached hydrogens (tertiary/aromatic N) is 3. The van der Waals surface area contributed by atoms with Gasteiger partial charge in [-0.15, -0.1) is 0 Å². The molecule has 1 saturated heterocycles. The molecule has 2 aromatic heterocycles. The van der Waals surface area contributed by atoms with Gasteiger partial charge >= 0.3 is 12.2 Å². The summed E-state index contributed by atoms with van der Waals surface area (Å²) in [4.78, 5) is 12.9. The van der Waals surface area contributed by atoms with Crippen molar-refractivity contribution >= 4 is 22.4 Å². The minimum atomic E-state index is -5.04. The maximum absolute atomic E-state index is 16.4. The van der Waals surface area contributed by atoms with E-state index in [1.54, 1.807) is 6.92 Å². The van der Waals surface area contributed by atoms with Crippen LogP contribution in [0, 0.1) is 24.5 Å². The van der Waals surface area contributed by atoms with Crippen LogP contribution in [0.2, 0.25) is 0 Å². The van der Waals surface area contributed by atoms with Gasteiger partial charge in [-0.1, -0.05) is 13.8 Å². The smallest absolute Gasteiger partial charge is 0.417 e. The number of hydrogen-bond donors (Lipinski definition) is 3. The number of pyridine rings is 1. The Kier molecular flexibility index (Phi) is 10.4. The molecule has 0 saturated carbocycles. The van der Waals surface area contributed by atoms with Gasteiger partial charge in [0, 0.05) is 31.9 Å². The summed E-state index contributed by atoms with van der Waals surface area (Å²) in [5.74, 6) is -2.25. The van der Waals surface area contributed by atoms with E-state index in [0.717, 1.165) is 25.8 Å². The zero-order valence-electron chi connectivity index (χ0n) is 24.6. The van der Waals surface area contributed by atoms with Gasteiger partial charge in [0.15, 0.2) is 5.82 Å². The normalized spacial score (nSPS) is 18.1. The number of nitrogen functional groups attached to an aromatic ring is 1. The van der Waals surface area contributed by atoms with Gasteiger partial charge in [-0.05, 0) is 57.2 Å². The molecule has 5 rings (SSSR count). The Balaban J connectivity index is 0.00000207. The third kappa shape index (κ3) is 7.18. The van der Waals surface area contributed by atoms with Gasteiger partial charge in [-0.2, -0.15) is 23.1 Å². The third-order valence-corrected chi connectivity index (χ3v) is 7.22. The van der Waals surface area contributed by atoms with E-state index in [1.807, 2.05) is 13.8 Å². The Hall–Kier alpha value is -3.52. The Labute approximate surface area is 246 Å². The highest BCUT2D eigenvalue weighted by atomic mass is 19.4. The van der Waals surface area contributed by atoms with Crippen molar-refractivity contribution in [2.45, 2.75) is 59.2 Å². The van der Waals surface area contributed by atoms with E-state index < -0.39 is 52.0 Å². The van der Waals surface area contributed by atoms with Gasteiger partial charge in [-0.25, -0.2) is 13.8 Å². The summed E-state index contributed by atoms with van der Waals surface area (Å²) in [5, 5.41) is 6.42. The fourth-order valence-electron chi connectivity index (χ4n) is 5.00. The van der Waals surface area contributed by atoms with E-state index in [4.69, 9.17) is 19.9 Å². The molecule has 0 aliphatic carbocycles. The molecule has 1 atom stereocenters. The number of ether oxygens (including phenoxy) is 3. The van der Waals surface area contributed by atoms with Crippen molar-refractivity contribution in [3.05, 3.63) is 28.8 Å². The lowest BCUT2D eigenvalue weighted by atomic mass is 9.96. The van der Waals surface area contributed by atoms with Crippen molar-refractivity contribution in [3.8, 4) is 23.1 Å². The van der Waals surface area contributed by atoms with Crippen LogP contribution < -0.4 is 25.8 Å². The number of anilines is 2. The molecule has 3 aromatic rings. The first kappa shape index (κ1) is 32.4. The number of hydrogen-bond acceptors (Lipinski definition) is 9. The lowest BCUT2D eigenvalue weighted by Crippen LogP contribution is -2.26. The molecular weight excluding hydrogens is 575 g/mol. The Morgan fingerprint density at radius 1 is 1.02 bits per heavy atom. The van der Waals surface area contributed by atoms with Crippen LogP contribution in [0.25, 0.3) is 22.2 Å². The molecular formula is C29H37F5N6O3. The first-order valence-electron chi connectivity index (χ1n) is 14.4. The van der Waals surface area contributed by atoms with E-state index in [1.165, 1.54) is 0 Å². The van der Waals surface area contributed by atoms with Crippen LogP contribution in [0.1, 0.15) is 51.2 Å². The highest BCUT2D eigenvalue weighted by molar-refractivity contribution is 5.96. The summed E-state index contributed by atoms with van der Waals surface area (Å²) in [6.45, 7) is 9.68. The minimum absolute atomic E-state index is 0.0544. The Morgan fingerprint density at radius 3 is 2.44 bits per heavy atom. The highest BCUT2D eigenvalue weighted by Gasteiger charge is 2.39. The fourth-order valence-corrected chi connectivity index (χ4v) is 5.00. The number of alkyl halides is 3. The van der Waals surface area contributed by atoms with Crippen molar-refractivity contribution in [2.24, 2.45) is 5.92 Å². The van der Waals surface area contributed by atoms with Gasteiger partial charge in [0.1, 0.15) is 28.2 Å². The topological polar surface area (TPSA) is 116 Å². The van der Waals surface area contributed by atoms with Crippen molar-refractivity contribution in [3.63, 3.8) is 0 Å². The average molecular weight is 613 g/mol. The van der Waals surface area contributed by atoms with Gasteiger partial charge in [0.25, 0.3) is 0 Å². The molecule has 9 nitrogen and oxygen atoms in total. The minimum Gasteiger partial charge on any atom is -0.474 e. The second kappa shape index (κ2) is 13.8. The molecule has 1 fully saturated rings. The van der Waals surface area contributed by atoms with Crippen LogP contribution in [0.15, 0.2) is 6.07 Å². The third-order valence-electron chi connectivity index (χ3n) is 7.22. The molecule has 43 heavy (non-hydrogen) atoms. The molecule has 0 unspecified atom stereocenters. The molecule has 2 aliphatic heterocycles. The maximum atomic E-state index is 16.4. The van der Waals surface area contributed by atoms with Gasteiger partial charge in [-0.3, -0.25) is 0 Å². The standard InChI is InChI=1S/C27H31F5N6O3.C2H6/c1-13-3-6-34-7-8-35-24-18-23(37-26(38-24)40-12-15-4-9-39-10-5-15)21(29)22(36-25(18)41-13)16-11-17(33)20(28)14(2)19(16)27(30,31)32;1-2/h11,13,15,34H,3-10,12,33H2,1-2H3,(H,35,37,38);1-2H3/t13-;/m0./s1.